The molecule has 2 aliphatic rings. The van der Waals surface area contributed by atoms with Crippen LogP contribution in [0.2, 0.25) is 0 Å². The van der Waals surface area contributed by atoms with E-state index in [4.69, 9.17) is 14.2 Å². The van der Waals surface area contributed by atoms with Crippen LogP contribution in [0, 0.1) is 0 Å². The minimum atomic E-state index is -0.0744. The molecule has 6 rings (SSSR count). The molecular formula is C48H66N4O4. The van der Waals surface area contributed by atoms with Crippen LogP contribution in [0.3, 0.4) is 0 Å². The monoisotopic (exact) mass is 763 g/mol. The van der Waals surface area contributed by atoms with E-state index >= 15 is 0 Å². The van der Waals surface area contributed by atoms with Gasteiger partial charge >= 0.3 is 5.97 Å². The lowest BCUT2D eigenvalue weighted by molar-refractivity contribution is -0.143. The van der Waals surface area contributed by atoms with E-state index in [-0.39, 0.29) is 18.2 Å². The van der Waals surface area contributed by atoms with Gasteiger partial charge in [-0.1, -0.05) is 128 Å². The maximum atomic E-state index is 11.5. The highest BCUT2D eigenvalue weighted by atomic mass is 16.5. The summed E-state index contributed by atoms with van der Waals surface area (Å²) in [6, 6.07) is 43.8. The Kier molecular flexibility index (Phi) is 19.1. The average molecular weight is 763 g/mol. The van der Waals surface area contributed by atoms with Gasteiger partial charge in [-0.15, -0.1) is 0 Å². The van der Waals surface area contributed by atoms with Crippen molar-refractivity contribution in [1.82, 2.24) is 20.0 Å². The SMILES string of the molecule is CCOC(=O)CCCCCN1CC[C@@H](N(Cc2ccccc2)Cc2ccccc2)[C@@H](OC)C1.COC1CNCC[C@H]1N(Cc1ccccc1)Cc1ccccc1. The van der Waals surface area contributed by atoms with Gasteiger partial charge in [-0.05, 0) is 74.5 Å². The highest BCUT2D eigenvalue weighted by Gasteiger charge is 2.34. The second-order valence-electron chi connectivity index (χ2n) is 15.1. The molecule has 56 heavy (non-hydrogen) atoms. The van der Waals surface area contributed by atoms with Crippen molar-refractivity contribution < 1.29 is 19.0 Å². The normalized spacial score (nSPS) is 20.0. The Labute approximate surface area is 337 Å². The van der Waals surface area contributed by atoms with Gasteiger partial charge in [-0.25, -0.2) is 0 Å². The first-order valence-corrected chi connectivity index (χ1v) is 20.8. The maximum Gasteiger partial charge on any atom is 0.305 e. The van der Waals surface area contributed by atoms with Crippen molar-refractivity contribution in [3.05, 3.63) is 144 Å². The smallest absolute Gasteiger partial charge is 0.305 e. The van der Waals surface area contributed by atoms with Gasteiger partial charge in [0.2, 0.25) is 0 Å². The predicted molar refractivity (Wildman–Crippen MR) is 227 cm³/mol. The van der Waals surface area contributed by atoms with Crippen LogP contribution in [0.1, 0.15) is 67.7 Å². The number of nitrogens with one attached hydrogen (secondary N) is 1. The molecule has 0 aromatic heterocycles. The number of carbonyl (C=O) groups excluding carboxylic acids is 1. The lowest BCUT2D eigenvalue weighted by atomic mass is 9.97. The molecule has 0 bridgehead atoms. The molecule has 0 aliphatic carbocycles. The Balaban J connectivity index is 0.000000228. The van der Waals surface area contributed by atoms with Crippen LogP contribution in [0.15, 0.2) is 121 Å². The summed E-state index contributed by atoms with van der Waals surface area (Å²) in [7, 11) is 3.68. The number of benzene rings is 4. The molecule has 4 aromatic rings. The second-order valence-corrected chi connectivity index (χ2v) is 15.1. The summed E-state index contributed by atoms with van der Waals surface area (Å²) in [6.45, 7) is 11.2. The van der Waals surface area contributed by atoms with Crippen LogP contribution in [0.25, 0.3) is 0 Å². The first-order chi connectivity index (χ1) is 27.6. The van der Waals surface area contributed by atoms with Crippen LogP contribution in [-0.4, -0.2) is 98.5 Å². The molecule has 302 valence electrons. The minimum absolute atomic E-state index is 0.0744. The molecule has 2 heterocycles. The van der Waals surface area contributed by atoms with Crippen molar-refractivity contribution in [2.24, 2.45) is 0 Å². The molecule has 8 heteroatoms. The Morgan fingerprint density at radius 2 is 1.11 bits per heavy atom. The van der Waals surface area contributed by atoms with E-state index in [1.165, 1.54) is 22.3 Å². The predicted octanol–water partition coefficient (Wildman–Crippen LogP) is 7.97. The van der Waals surface area contributed by atoms with Crippen molar-refractivity contribution in [3.8, 4) is 0 Å². The summed E-state index contributed by atoms with van der Waals surface area (Å²) in [5.74, 6) is -0.0744. The molecule has 4 atom stereocenters. The number of ether oxygens (including phenoxy) is 3. The van der Waals surface area contributed by atoms with Gasteiger partial charge in [0.25, 0.3) is 0 Å². The molecule has 1 N–H and O–H groups in total. The molecule has 4 aromatic carbocycles. The largest absolute Gasteiger partial charge is 0.466 e. The zero-order valence-corrected chi connectivity index (χ0v) is 34.1. The number of esters is 1. The van der Waals surface area contributed by atoms with Crippen LogP contribution in [0.5, 0.6) is 0 Å². The molecule has 2 aliphatic heterocycles. The van der Waals surface area contributed by atoms with Gasteiger partial charge < -0.3 is 24.4 Å². The first-order valence-electron chi connectivity index (χ1n) is 20.8. The van der Waals surface area contributed by atoms with Crippen molar-refractivity contribution in [2.75, 3.05) is 53.6 Å². The minimum Gasteiger partial charge on any atom is -0.466 e. The number of piperidine rings is 2. The van der Waals surface area contributed by atoms with E-state index in [9.17, 15) is 4.79 Å². The van der Waals surface area contributed by atoms with E-state index in [1.54, 1.807) is 0 Å². The van der Waals surface area contributed by atoms with Crippen LogP contribution in [0.4, 0.5) is 0 Å². The highest BCUT2D eigenvalue weighted by molar-refractivity contribution is 5.69. The van der Waals surface area contributed by atoms with Crippen LogP contribution in [-0.2, 0) is 45.2 Å². The quantitative estimate of drug-likeness (QED) is 0.0763. The summed E-state index contributed by atoms with van der Waals surface area (Å²) in [5, 5.41) is 3.45. The third kappa shape index (κ3) is 14.6. The fourth-order valence-electron chi connectivity index (χ4n) is 8.16. The zero-order valence-electron chi connectivity index (χ0n) is 34.1. The summed E-state index contributed by atoms with van der Waals surface area (Å²) in [5.41, 5.74) is 5.40. The molecule has 0 spiro atoms. The molecular weight excluding hydrogens is 697 g/mol. The van der Waals surface area contributed by atoms with Crippen LogP contribution < -0.4 is 5.32 Å². The van der Waals surface area contributed by atoms with Gasteiger partial charge in [0.15, 0.2) is 0 Å². The summed E-state index contributed by atoms with van der Waals surface area (Å²) >= 11 is 0. The van der Waals surface area contributed by atoms with Crippen molar-refractivity contribution in [3.63, 3.8) is 0 Å². The number of unbranched alkanes of at least 4 members (excludes halogenated alkanes) is 2. The topological polar surface area (TPSA) is 66.5 Å². The number of carbonyl (C=O) groups is 1. The number of hydrogen-bond donors (Lipinski definition) is 1. The van der Waals surface area contributed by atoms with E-state index in [0.717, 1.165) is 91.0 Å². The summed E-state index contributed by atoms with van der Waals surface area (Å²) < 4.78 is 16.8. The standard InChI is InChI=1S/C28H40N2O3.C20H26N2O/c1-3-33-28(31)17-11-6-12-19-29-20-18-26(27(23-29)32-2)30(21-24-13-7-4-8-14-24)22-25-15-9-5-10-16-25;1-23-20-14-21-13-12-19(20)22(15-17-8-4-2-5-9-17)16-18-10-6-3-7-11-18/h4-5,7-10,13-16,26-27H,3,6,11-12,17-23H2,1-2H3;2-11,19-21H,12-16H2,1H3/t26-,27+;19-,20?/m11/s1. The van der Waals surface area contributed by atoms with Gasteiger partial charge in [-0.2, -0.15) is 0 Å². The lowest BCUT2D eigenvalue weighted by Gasteiger charge is -2.43. The molecule has 2 saturated heterocycles. The van der Waals surface area contributed by atoms with Gasteiger partial charge in [-0.3, -0.25) is 14.6 Å². The van der Waals surface area contributed by atoms with Gasteiger partial charge in [0.1, 0.15) is 0 Å². The van der Waals surface area contributed by atoms with E-state index < -0.39 is 0 Å². The first kappa shape index (κ1) is 43.2. The van der Waals surface area contributed by atoms with E-state index in [0.29, 0.717) is 25.1 Å². The van der Waals surface area contributed by atoms with Gasteiger partial charge in [0, 0.05) is 72.0 Å². The van der Waals surface area contributed by atoms with Crippen molar-refractivity contribution >= 4 is 5.97 Å². The number of rotatable bonds is 19. The van der Waals surface area contributed by atoms with Crippen LogP contribution >= 0.6 is 0 Å². The van der Waals surface area contributed by atoms with Crippen molar-refractivity contribution in [1.29, 1.82) is 0 Å². The summed E-state index contributed by atoms with van der Waals surface area (Å²) in [6.07, 6.45) is 6.26. The Morgan fingerprint density at radius 1 is 0.643 bits per heavy atom. The highest BCUT2D eigenvalue weighted by Crippen LogP contribution is 2.25. The van der Waals surface area contributed by atoms with Crippen molar-refractivity contribution in [2.45, 2.75) is 95.9 Å². The number of hydrogen-bond acceptors (Lipinski definition) is 8. The Morgan fingerprint density at radius 3 is 1.55 bits per heavy atom. The molecule has 0 saturated carbocycles. The number of methoxy groups -OCH3 is 2. The molecule has 0 amide bonds. The molecule has 0 radical (unpaired) electrons. The Hall–Kier alpha value is -3.89. The summed E-state index contributed by atoms with van der Waals surface area (Å²) in [4.78, 5) is 19.2. The number of nitrogens with zero attached hydrogens (tertiary/aromatic N) is 3. The second kappa shape index (κ2) is 24.7. The fourth-order valence-corrected chi connectivity index (χ4v) is 8.16. The zero-order chi connectivity index (χ0) is 39.2. The molecule has 2 fully saturated rings. The molecule has 8 nitrogen and oxygen atoms in total. The number of likely N-dealkylation sites (tertiary alicyclic amines) is 1. The fraction of sp³-hybridized carbons (Fsp3) is 0.479. The Bertz CT molecular complexity index is 1530. The van der Waals surface area contributed by atoms with E-state index in [1.807, 2.05) is 21.1 Å². The molecule has 1 unspecified atom stereocenters. The lowest BCUT2D eigenvalue weighted by Crippen LogP contribution is -2.54. The van der Waals surface area contributed by atoms with E-state index in [2.05, 4.69) is 141 Å². The third-order valence-corrected chi connectivity index (χ3v) is 11.1. The average Bonchev–Trinajstić information content (AvgIpc) is 3.25. The third-order valence-electron chi connectivity index (χ3n) is 11.1. The van der Waals surface area contributed by atoms with Gasteiger partial charge in [0.05, 0.1) is 18.8 Å². The maximum absolute atomic E-state index is 11.5.